The minimum atomic E-state index is -0.925. The van der Waals surface area contributed by atoms with Gasteiger partial charge in [0.1, 0.15) is 11.3 Å². The summed E-state index contributed by atoms with van der Waals surface area (Å²) in [7, 11) is 1.52. The van der Waals surface area contributed by atoms with Crippen molar-refractivity contribution in [2.45, 2.75) is 44.7 Å². The molecule has 5 rings (SSSR count). The Kier molecular flexibility index (Phi) is 5.18. The number of nitrogens with zero attached hydrogens (tertiary/aromatic N) is 2. The summed E-state index contributed by atoms with van der Waals surface area (Å²) >= 11 is 0. The van der Waals surface area contributed by atoms with Gasteiger partial charge in [-0.05, 0) is 55.2 Å². The van der Waals surface area contributed by atoms with Crippen LogP contribution in [0.5, 0.6) is 5.75 Å². The van der Waals surface area contributed by atoms with Crippen LogP contribution in [0.1, 0.15) is 48.0 Å². The number of rotatable bonds is 6. The first-order chi connectivity index (χ1) is 12.6. The van der Waals surface area contributed by atoms with E-state index in [9.17, 15) is 9.90 Å². The molecule has 2 bridgehead atoms. The number of aromatic carboxylic acids is 1. The fraction of sp³-hybridized carbons (Fsp3) is 0.667. The molecule has 2 atom stereocenters. The lowest BCUT2D eigenvalue weighted by molar-refractivity contribution is 0.0693. The maximum Gasteiger partial charge on any atom is 0.339 e. The maximum absolute atomic E-state index is 11.5. The summed E-state index contributed by atoms with van der Waals surface area (Å²) in [6.45, 7) is 5.61. The lowest BCUT2D eigenvalue weighted by Gasteiger charge is -2.40. The normalized spacial score (nSPS) is 27.1. The van der Waals surface area contributed by atoms with E-state index in [1.54, 1.807) is 12.1 Å². The van der Waals surface area contributed by atoms with E-state index in [2.05, 4.69) is 9.80 Å². The highest BCUT2D eigenvalue weighted by Crippen LogP contribution is 2.33. The van der Waals surface area contributed by atoms with Crippen LogP contribution in [0, 0.1) is 11.8 Å². The molecule has 1 aliphatic carbocycles. The molecule has 3 saturated heterocycles. The zero-order valence-corrected chi connectivity index (χ0v) is 15.7. The van der Waals surface area contributed by atoms with Crippen molar-refractivity contribution in [1.29, 1.82) is 0 Å². The highest BCUT2D eigenvalue weighted by molar-refractivity contribution is 5.91. The smallest absolute Gasteiger partial charge is 0.339 e. The van der Waals surface area contributed by atoms with Gasteiger partial charge in [-0.1, -0.05) is 12.5 Å². The van der Waals surface area contributed by atoms with Crippen LogP contribution >= 0.6 is 0 Å². The number of piperidine rings is 1. The Hall–Kier alpha value is -1.59. The summed E-state index contributed by atoms with van der Waals surface area (Å²) in [6, 6.07) is 6.24. The average molecular weight is 358 g/mol. The minimum Gasteiger partial charge on any atom is -0.496 e. The van der Waals surface area contributed by atoms with E-state index >= 15 is 0 Å². The second-order valence-electron chi connectivity index (χ2n) is 8.38. The van der Waals surface area contributed by atoms with Crippen molar-refractivity contribution < 1.29 is 14.6 Å². The highest BCUT2D eigenvalue weighted by atomic mass is 16.5. The summed E-state index contributed by atoms with van der Waals surface area (Å²) in [5.74, 6) is 1.20. The second-order valence-corrected chi connectivity index (χ2v) is 8.38. The Morgan fingerprint density at radius 3 is 2.73 bits per heavy atom. The molecule has 4 aliphatic rings. The van der Waals surface area contributed by atoms with Crippen molar-refractivity contribution in [3.8, 4) is 5.75 Å². The van der Waals surface area contributed by atoms with E-state index in [0.29, 0.717) is 11.8 Å². The first-order valence-electron chi connectivity index (χ1n) is 9.99. The van der Waals surface area contributed by atoms with E-state index in [4.69, 9.17) is 4.74 Å². The molecule has 0 aromatic heterocycles. The number of fused-ring (bicyclic) bond motifs is 4. The zero-order valence-electron chi connectivity index (χ0n) is 15.7. The van der Waals surface area contributed by atoms with Gasteiger partial charge in [-0.3, -0.25) is 9.80 Å². The van der Waals surface area contributed by atoms with Gasteiger partial charge < -0.3 is 9.84 Å². The predicted molar refractivity (Wildman–Crippen MR) is 101 cm³/mol. The number of ether oxygens (including phenoxy) is 1. The van der Waals surface area contributed by atoms with E-state index in [-0.39, 0.29) is 5.56 Å². The van der Waals surface area contributed by atoms with E-state index in [0.717, 1.165) is 37.0 Å². The molecule has 0 amide bonds. The topological polar surface area (TPSA) is 53.0 Å². The molecule has 1 aromatic rings. The van der Waals surface area contributed by atoms with Gasteiger partial charge in [-0.25, -0.2) is 4.79 Å². The van der Waals surface area contributed by atoms with E-state index in [1.165, 1.54) is 52.3 Å². The van der Waals surface area contributed by atoms with Gasteiger partial charge >= 0.3 is 5.97 Å². The van der Waals surface area contributed by atoms with Crippen LogP contribution in [0.4, 0.5) is 0 Å². The van der Waals surface area contributed by atoms with Crippen molar-refractivity contribution >= 4 is 5.97 Å². The fourth-order valence-electron chi connectivity index (χ4n) is 4.91. The third kappa shape index (κ3) is 3.74. The van der Waals surface area contributed by atoms with Crippen molar-refractivity contribution in [2.75, 3.05) is 33.3 Å². The summed E-state index contributed by atoms with van der Waals surface area (Å²) in [5, 5.41) is 9.41. The molecule has 3 heterocycles. The number of hydrogen-bond acceptors (Lipinski definition) is 4. The molecule has 142 valence electrons. The van der Waals surface area contributed by atoms with Crippen molar-refractivity contribution in [3.05, 3.63) is 29.3 Å². The van der Waals surface area contributed by atoms with Crippen LogP contribution in [0.2, 0.25) is 0 Å². The molecule has 5 heteroatoms. The van der Waals surface area contributed by atoms with Crippen molar-refractivity contribution in [2.24, 2.45) is 11.8 Å². The molecular weight excluding hydrogens is 328 g/mol. The summed E-state index contributed by atoms with van der Waals surface area (Å²) < 4.78 is 5.18. The minimum absolute atomic E-state index is 0.259. The largest absolute Gasteiger partial charge is 0.496 e. The third-order valence-corrected chi connectivity index (χ3v) is 6.52. The quantitative estimate of drug-likeness (QED) is 0.847. The number of carboxylic acids is 1. The Morgan fingerprint density at radius 1 is 1.19 bits per heavy atom. The molecular formula is C21H30N2O3. The lowest BCUT2D eigenvalue weighted by atomic mass is 9.83. The Balaban J connectivity index is 1.44. The molecule has 0 unspecified atom stereocenters. The standard InChI is InChI=1S/C21H30N2O3/c1-26-20-8-6-16(9-19(20)21(24)25)10-22-11-17-5-7-18(14-22)23(13-17)12-15-3-2-4-15/h6,8-9,15,17-18H,2-5,7,10-14H2,1H3,(H,24,25)/t17-,18+/m0/s1. The molecule has 4 fully saturated rings. The molecule has 1 saturated carbocycles. The number of carboxylic acid groups (broad SMARTS) is 1. The first-order valence-corrected chi connectivity index (χ1v) is 9.99. The van der Waals surface area contributed by atoms with E-state index < -0.39 is 5.97 Å². The monoisotopic (exact) mass is 358 g/mol. The Labute approximate surface area is 155 Å². The highest BCUT2D eigenvalue weighted by Gasteiger charge is 2.36. The predicted octanol–water partition coefficient (Wildman–Crippen LogP) is 3.09. The number of benzene rings is 1. The van der Waals surface area contributed by atoms with Gasteiger partial charge in [0.25, 0.3) is 0 Å². The molecule has 5 nitrogen and oxygen atoms in total. The van der Waals surface area contributed by atoms with Crippen LogP contribution in [-0.2, 0) is 6.54 Å². The fourth-order valence-corrected chi connectivity index (χ4v) is 4.91. The van der Waals surface area contributed by atoms with Gasteiger partial charge in [0.15, 0.2) is 0 Å². The van der Waals surface area contributed by atoms with Crippen LogP contribution in [0.3, 0.4) is 0 Å². The van der Waals surface area contributed by atoms with Gasteiger partial charge in [0, 0.05) is 38.8 Å². The first kappa shape index (κ1) is 17.8. The van der Waals surface area contributed by atoms with Crippen molar-refractivity contribution in [1.82, 2.24) is 9.80 Å². The number of carbonyl (C=O) groups is 1. The molecule has 1 aromatic carbocycles. The summed E-state index contributed by atoms with van der Waals surface area (Å²) in [6.07, 6.45) is 6.91. The third-order valence-electron chi connectivity index (χ3n) is 6.52. The van der Waals surface area contributed by atoms with Crippen LogP contribution in [0.15, 0.2) is 18.2 Å². The van der Waals surface area contributed by atoms with Crippen LogP contribution in [0.25, 0.3) is 0 Å². The zero-order chi connectivity index (χ0) is 18.1. The lowest BCUT2D eigenvalue weighted by Crippen LogP contribution is -2.46. The maximum atomic E-state index is 11.5. The molecule has 0 radical (unpaired) electrons. The van der Waals surface area contributed by atoms with Gasteiger partial charge in [-0.15, -0.1) is 0 Å². The SMILES string of the molecule is COc1ccc(CN2C[C@@H]3CC[C@H](C2)N(CC2CCC2)C3)cc1C(=O)O. The average Bonchev–Trinajstić information content (AvgIpc) is 2.88. The van der Waals surface area contributed by atoms with Crippen molar-refractivity contribution in [3.63, 3.8) is 0 Å². The molecule has 3 aliphatic heterocycles. The molecule has 0 spiro atoms. The Morgan fingerprint density at radius 2 is 2.04 bits per heavy atom. The Bertz CT molecular complexity index is 659. The van der Waals surface area contributed by atoms with Crippen LogP contribution in [-0.4, -0.2) is 60.2 Å². The summed E-state index contributed by atoms with van der Waals surface area (Å²) in [5.41, 5.74) is 1.32. The van der Waals surface area contributed by atoms with Gasteiger partial charge in [0.05, 0.1) is 7.11 Å². The van der Waals surface area contributed by atoms with E-state index in [1.807, 2.05) is 6.07 Å². The second kappa shape index (κ2) is 7.57. The number of hydrogen-bond donors (Lipinski definition) is 1. The molecule has 1 N–H and O–H groups in total. The summed E-state index contributed by atoms with van der Waals surface area (Å²) in [4.78, 5) is 16.8. The van der Waals surface area contributed by atoms with Crippen LogP contribution < -0.4 is 4.74 Å². The number of methoxy groups -OCH3 is 1. The molecule has 26 heavy (non-hydrogen) atoms. The van der Waals surface area contributed by atoms with Gasteiger partial charge in [-0.2, -0.15) is 0 Å². The van der Waals surface area contributed by atoms with Gasteiger partial charge in [0.2, 0.25) is 0 Å².